The summed E-state index contributed by atoms with van der Waals surface area (Å²) in [6.07, 6.45) is 1.66. The van der Waals surface area contributed by atoms with Crippen LogP contribution in [0.25, 0.3) is 0 Å². The highest BCUT2D eigenvalue weighted by Crippen LogP contribution is 2.15. The minimum absolute atomic E-state index is 0.239. The Hall–Kier alpha value is -1.22. The van der Waals surface area contributed by atoms with Gasteiger partial charge in [-0.05, 0) is 30.7 Å². The third-order valence-electron chi connectivity index (χ3n) is 2.25. The molecule has 0 saturated heterocycles. The molecule has 1 rings (SSSR count). The van der Waals surface area contributed by atoms with E-state index < -0.39 is 0 Å². The quantitative estimate of drug-likeness (QED) is 0.805. The number of rotatable bonds is 5. The molecular formula is C12H16ClNO2. The summed E-state index contributed by atoms with van der Waals surface area (Å²) in [7, 11) is 1.40. The monoisotopic (exact) mass is 241 g/mol. The highest BCUT2D eigenvalue weighted by molar-refractivity contribution is 6.30. The number of anilines is 1. The van der Waals surface area contributed by atoms with Crippen LogP contribution in [0.5, 0.6) is 0 Å². The van der Waals surface area contributed by atoms with E-state index in [2.05, 4.69) is 5.32 Å². The van der Waals surface area contributed by atoms with Crippen molar-refractivity contribution in [1.29, 1.82) is 0 Å². The van der Waals surface area contributed by atoms with Gasteiger partial charge in [0.05, 0.1) is 7.11 Å². The van der Waals surface area contributed by atoms with Gasteiger partial charge in [0.2, 0.25) is 0 Å². The van der Waals surface area contributed by atoms with Crippen LogP contribution in [0.3, 0.4) is 0 Å². The highest BCUT2D eigenvalue weighted by Gasteiger charge is 2.17. The number of carbonyl (C=O) groups is 1. The predicted octanol–water partition coefficient (Wildman–Crippen LogP) is 3.09. The van der Waals surface area contributed by atoms with Gasteiger partial charge in [0.15, 0.2) is 0 Å². The molecule has 0 aromatic heterocycles. The molecular weight excluding hydrogens is 226 g/mol. The lowest BCUT2D eigenvalue weighted by Crippen LogP contribution is -2.30. The first-order chi connectivity index (χ1) is 7.67. The average Bonchev–Trinajstić information content (AvgIpc) is 2.30. The number of carbonyl (C=O) groups excluding carboxylic acids is 1. The van der Waals surface area contributed by atoms with Crippen LogP contribution in [0.15, 0.2) is 24.3 Å². The van der Waals surface area contributed by atoms with Gasteiger partial charge in [-0.1, -0.05) is 24.9 Å². The Morgan fingerprint density at radius 2 is 2.06 bits per heavy atom. The van der Waals surface area contributed by atoms with Crippen LogP contribution in [-0.2, 0) is 9.53 Å². The number of hydrogen-bond donors (Lipinski definition) is 1. The van der Waals surface area contributed by atoms with E-state index in [1.807, 2.05) is 19.1 Å². The fourth-order valence-corrected chi connectivity index (χ4v) is 1.55. The first-order valence-corrected chi connectivity index (χ1v) is 5.65. The first-order valence-electron chi connectivity index (χ1n) is 5.27. The second-order valence-corrected chi connectivity index (χ2v) is 3.95. The summed E-state index contributed by atoms with van der Waals surface area (Å²) in [4.78, 5) is 11.5. The van der Waals surface area contributed by atoms with Crippen molar-refractivity contribution in [3.8, 4) is 0 Å². The molecule has 3 nitrogen and oxygen atoms in total. The van der Waals surface area contributed by atoms with E-state index >= 15 is 0 Å². The van der Waals surface area contributed by atoms with Crippen molar-refractivity contribution in [3.05, 3.63) is 29.3 Å². The van der Waals surface area contributed by atoms with E-state index in [1.165, 1.54) is 7.11 Å². The molecule has 1 unspecified atom stereocenters. The number of halogens is 1. The summed E-state index contributed by atoms with van der Waals surface area (Å²) < 4.78 is 4.73. The summed E-state index contributed by atoms with van der Waals surface area (Å²) in [5, 5.41) is 3.80. The van der Waals surface area contributed by atoms with Crippen LogP contribution in [0.4, 0.5) is 5.69 Å². The van der Waals surface area contributed by atoms with Crippen molar-refractivity contribution < 1.29 is 9.53 Å². The number of hydrogen-bond acceptors (Lipinski definition) is 3. The van der Waals surface area contributed by atoms with Gasteiger partial charge in [0.1, 0.15) is 6.04 Å². The van der Waals surface area contributed by atoms with E-state index in [1.54, 1.807) is 12.1 Å². The fourth-order valence-electron chi connectivity index (χ4n) is 1.43. The molecule has 0 aliphatic heterocycles. The largest absolute Gasteiger partial charge is 0.467 e. The molecule has 0 spiro atoms. The first kappa shape index (κ1) is 12.8. The molecule has 88 valence electrons. The Labute approximate surface area is 101 Å². The molecule has 1 aromatic carbocycles. The van der Waals surface area contributed by atoms with E-state index in [0.29, 0.717) is 5.02 Å². The summed E-state index contributed by atoms with van der Waals surface area (Å²) >= 11 is 5.78. The van der Waals surface area contributed by atoms with Crippen molar-refractivity contribution in [2.75, 3.05) is 12.4 Å². The Kier molecular flexibility index (Phi) is 5.12. The number of ether oxygens (including phenoxy) is 1. The van der Waals surface area contributed by atoms with Crippen molar-refractivity contribution in [3.63, 3.8) is 0 Å². The molecule has 16 heavy (non-hydrogen) atoms. The predicted molar refractivity (Wildman–Crippen MR) is 65.8 cm³/mol. The van der Waals surface area contributed by atoms with Gasteiger partial charge in [-0.3, -0.25) is 0 Å². The third kappa shape index (κ3) is 3.74. The second kappa shape index (κ2) is 6.38. The molecule has 1 atom stereocenters. The Balaban J connectivity index is 2.67. The van der Waals surface area contributed by atoms with Gasteiger partial charge in [-0.15, -0.1) is 0 Å². The fraction of sp³-hybridized carbons (Fsp3) is 0.417. The summed E-state index contributed by atoms with van der Waals surface area (Å²) in [6, 6.07) is 6.95. The molecule has 0 bridgehead atoms. The molecule has 0 radical (unpaired) electrons. The Morgan fingerprint density at radius 3 is 2.56 bits per heavy atom. The van der Waals surface area contributed by atoms with E-state index in [9.17, 15) is 4.79 Å². The minimum Gasteiger partial charge on any atom is -0.467 e. The molecule has 0 saturated carbocycles. The highest BCUT2D eigenvalue weighted by atomic mass is 35.5. The van der Waals surface area contributed by atoms with Gasteiger partial charge in [-0.25, -0.2) is 4.79 Å². The van der Waals surface area contributed by atoms with Crippen molar-refractivity contribution >= 4 is 23.3 Å². The number of methoxy groups -OCH3 is 1. The van der Waals surface area contributed by atoms with Crippen molar-refractivity contribution in [2.24, 2.45) is 0 Å². The summed E-state index contributed by atoms with van der Waals surface area (Å²) in [5.41, 5.74) is 0.869. The van der Waals surface area contributed by atoms with Crippen molar-refractivity contribution in [1.82, 2.24) is 0 Å². The lowest BCUT2D eigenvalue weighted by Gasteiger charge is -2.16. The Morgan fingerprint density at radius 1 is 1.44 bits per heavy atom. The molecule has 1 N–H and O–H groups in total. The number of benzene rings is 1. The Bertz CT molecular complexity index is 337. The van der Waals surface area contributed by atoms with Gasteiger partial charge in [0.25, 0.3) is 0 Å². The lowest BCUT2D eigenvalue weighted by atomic mass is 10.1. The maximum atomic E-state index is 11.5. The second-order valence-electron chi connectivity index (χ2n) is 3.52. The number of nitrogens with one attached hydrogen (secondary N) is 1. The molecule has 1 aromatic rings. The normalized spacial score (nSPS) is 11.9. The molecule has 0 aliphatic rings. The van der Waals surface area contributed by atoms with Crippen LogP contribution in [0.2, 0.25) is 5.02 Å². The molecule has 0 aliphatic carbocycles. The van der Waals surface area contributed by atoms with Gasteiger partial charge < -0.3 is 10.1 Å². The van der Waals surface area contributed by atoms with Gasteiger partial charge in [0, 0.05) is 10.7 Å². The van der Waals surface area contributed by atoms with Gasteiger partial charge in [-0.2, -0.15) is 0 Å². The molecule has 0 amide bonds. The van der Waals surface area contributed by atoms with Crippen LogP contribution in [-0.4, -0.2) is 19.1 Å². The zero-order chi connectivity index (χ0) is 12.0. The van der Waals surface area contributed by atoms with Crippen LogP contribution < -0.4 is 5.32 Å². The lowest BCUT2D eigenvalue weighted by molar-refractivity contribution is -0.141. The zero-order valence-corrected chi connectivity index (χ0v) is 10.3. The smallest absolute Gasteiger partial charge is 0.328 e. The van der Waals surface area contributed by atoms with Crippen molar-refractivity contribution in [2.45, 2.75) is 25.8 Å². The number of esters is 1. The SMILES string of the molecule is CCCC(Nc1ccc(Cl)cc1)C(=O)OC. The van der Waals surface area contributed by atoms with Crippen LogP contribution in [0.1, 0.15) is 19.8 Å². The molecule has 4 heteroatoms. The topological polar surface area (TPSA) is 38.3 Å². The summed E-state index contributed by atoms with van der Waals surface area (Å²) in [6.45, 7) is 2.03. The maximum absolute atomic E-state index is 11.5. The third-order valence-corrected chi connectivity index (χ3v) is 2.50. The van der Waals surface area contributed by atoms with E-state index in [0.717, 1.165) is 18.5 Å². The zero-order valence-electron chi connectivity index (χ0n) is 9.50. The van der Waals surface area contributed by atoms with E-state index in [4.69, 9.17) is 16.3 Å². The standard InChI is InChI=1S/C12H16ClNO2/c1-3-4-11(12(15)16-2)14-10-7-5-9(13)6-8-10/h5-8,11,14H,3-4H2,1-2H3. The molecule has 0 fully saturated rings. The molecule has 0 heterocycles. The average molecular weight is 242 g/mol. The van der Waals surface area contributed by atoms with Crippen LogP contribution in [0, 0.1) is 0 Å². The maximum Gasteiger partial charge on any atom is 0.328 e. The van der Waals surface area contributed by atoms with Crippen LogP contribution >= 0.6 is 11.6 Å². The summed E-state index contributed by atoms with van der Waals surface area (Å²) in [5.74, 6) is -0.239. The van der Waals surface area contributed by atoms with E-state index in [-0.39, 0.29) is 12.0 Å². The van der Waals surface area contributed by atoms with Gasteiger partial charge >= 0.3 is 5.97 Å². The minimum atomic E-state index is -0.295.